The van der Waals surface area contributed by atoms with Crippen molar-refractivity contribution in [2.75, 3.05) is 5.73 Å². The molecule has 4 aromatic rings. The summed E-state index contributed by atoms with van der Waals surface area (Å²) in [5.41, 5.74) is 10.8. The normalized spacial score (nSPS) is 11.6. The highest BCUT2D eigenvalue weighted by atomic mass is 31.2. The molecule has 0 amide bonds. The van der Waals surface area contributed by atoms with E-state index in [9.17, 15) is 0 Å². The van der Waals surface area contributed by atoms with Crippen molar-refractivity contribution >= 4 is 36.4 Å². The van der Waals surface area contributed by atoms with Crippen LogP contribution in [0.2, 0.25) is 0 Å². The van der Waals surface area contributed by atoms with E-state index in [4.69, 9.17) is 25.0 Å². The van der Waals surface area contributed by atoms with Gasteiger partial charge in [-0.15, -0.1) is 0 Å². The Balaban J connectivity index is 1.85. The van der Waals surface area contributed by atoms with Crippen LogP contribution in [0.5, 0.6) is 5.75 Å². The molecule has 2 aromatic heterocycles. The van der Waals surface area contributed by atoms with E-state index >= 15 is 0 Å². The van der Waals surface area contributed by atoms with Gasteiger partial charge in [0.2, 0.25) is 0 Å². The molecule has 4 N–H and O–H groups in total. The molecule has 2 heterocycles. The molecule has 30 heavy (non-hydrogen) atoms. The van der Waals surface area contributed by atoms with E-state index in [0.29, 0.717) is 18.1 Å². The number of imidazole rings is 1. The second-order valence-electron chi connectivity index (χ2n) is 7.37. The van der Waals surface area contributed by atoms with Gasteiger partial charge in [0, 0.05) is 18.4 Å². The van der Waals surface area contributed by atoms with E-state index in [1.807, 2.05) is 37.3 Å². The monoisotopic (exact) mass is 424 g/mol. The lowest BCUT2D eigenvalue weighted by Crippen LogP contribution is -2.06. The molecule has 156 valence electrons. The number of unbranched alkanes of at least 4 members (excludes halogenated alkanes) is 1. The van der Waals surface area contributed by atoms with E-state index in [0.717, 1.165) is 58.2 Å². The third-order valence-electron chi connectivity index (χ3n) is 5.20. The Morgan fingerprint density at radius 3 is 2.67 bits per heavy atom. The Morgan fingerprint density at radius 2 is 1.93 bits per heavy atom. The topological polar surface area (TPSA) is 106 Å². The number of para-hydroxylation sites is 1. The second kappa shape index (κ2) is 8.56. The van der Waals surface area contributed by atoms with Gasteiger partial charge < -0.3 is 24.6 Å². The molecular weight excluding hydrogens is 399 g/mol. The van der Waals surface area contributed by atoms with Crippen LogP contribution in [0.1, 0.15) is 36.7 Å². The highest BCUT2D eigenvalue weighted by molar-refractivity contribution is 7.39. The third kappa shape index (κ3) is 3.97. The van der Waals surface area contributed by atoms with Gasteiger partial charge in [0.25, 0.3) is 0 Å². The van der Waals surface area contributed by atoms with Crippen molar-refractivity contribution in [1.82, 2.24) is 14.5 Å². The smallest absolute Gasteiger partial charge is 0.391 e. The average Bonchev–Trinajstić information content (AvgIpc) is 3.07. The van der Waals surface area contributed by atoms with Gasteiger partial charge in [-0.25, -0.2) is 9.97 Å². The fourth-order valence-electron chi connectivity index (χ4n) is 3.78. The number of anilines is 1. The summed E-state index contributed by atoms with van der Waals surface area (Å²) in [5.74, 6) is 1.90. The molecule has 0 radical (unpaired) electrons. The second-order valence-corrected chi connectivity index (χ2v) is 8.06. The quantitative estimate of drug-likeness (QED) is 0.378. The van der Waals surface area contributed by atoms with Crippen molar-refractivity contribution in [2.24, 2.45) is 0 Å². The summed E-state index contributed by atoms with van der Waals surface area (Å²) in [6.07, 6.45) is 2.98. The number of rotatable bonds is 7. The van der Waals surface area contributed by atoms with E-state index in [1.165, 1.54) is 0 Å². The SMILES string of the molecule is CCCCc1nc2c(N)nc3ccccc3c2n1Cc1ccc(OP(O)O)c(C)c1. The number of hydrogen-bond donors (Lipinski definition) is 3. The minimum atomic E-state index is -2.44. The van der Waals surface area contributed by atoms with Gasteiger partial charge in [-0.3, -0.25) is 0 Å². The molecule has 0 aliphatic rings. The zero-order valence-corrected chi connectivity index (χ0v) is 17.9. The number of nitrogens with two attached hydrogens (primary N) is 1. The Morgan fingerprint density at radius 1 is 1.13 bits per heavy atom. The van der Waals surface area contributed by atoms with Gasteiger partial charge >= 0.3 is 8.60 Å². The fraction of sp³-hybridized carbons (Fsp3) is 0.273. The van der Waals surface area contributed by atoms with Gasteiger partial charge in [-0.1, -0.05) is 43.7 Å². The Labute approximate surface area is 176 Å². The predicted molar refractivity (Wildman–Crippen MR) is 120 cm³/mol. The van der Waals surface area contributed by atoms with Gasteiger partial charge in [0.05, 0.1) is 11.0 Å². The minimum absolute atomic E-state index is 0.444. The van der Waals surface area contributed by atoms with Gasteiger partial charge in [0.1, 0.15) is 17.1 Å². The largest absolute Gasteiger partial charge is 0.427 e. The maximum atomic E-state index is 9.14. The summed E-state index contributed by atoms with van der Waals surface area (Å²) in [6.45, 7) is 4.67. The number of pyridine rings is 1. The van der Waals surface area contributed by atoms with Crippen LogP contribution in [0.3, 0.4) is 0 Å². The first kappa shape index (κ1) is 20.5. The lowest BCUT2D eigenvalue weighted by atomic mass is 10.1. The number of aromatic nitrogens is 3. The number of nitrogen functional groups attached to an aromatic ring is 1. The van der Waals surface area contributed by atoms with E-state index in [-0.39, 0.29) is 0 Å². The summed E-state index contributed by atoms with van der Waals surface area (Å²) in [6, 6.07) is 13.7. The zero-order chi connectivity index (χ0) is 21.3. The summed E-state index contributed by atoms with van der Waals surface area (Å²) in [5, 5.41) is 1.03. The van der Waals surface area contributed by atoms with Gasteiger partial charge in [0.15, 0.2) is 5.82 Å². The number of benzene rings is 2. The van der Waals surface area contributed by atoms with Crippen molar-refractivity contribution in [1.29, 1.82) is 0 Å². The highest BCUT2D eigenvalue weighted by Crippen LogP contribution is 2.33. The molecule has 8 heteroatoms. The van der Waals surface area contributed by atoms with Crippen molar-refractivity contribution < 1.29 is 14.3 Å². The van der Waals surface area contributed by atoms with Crippen molar-refractivity contribution in [2.45, 2.75) is 39.7 Å². The standard InChI is InChI=1S/C22H25N4O3P/c1-3-4-9-19-25-20-21(16-7-5-6-8-17(16)24-22(20)23)26(19)13-15-10-11-18(14(2)12-15)29-30(27)28/h5-8,10-12,27-28H,3-4,9,13H2,1-2H3,(H2,23,24). The van der Waals surface area contributed by atoms with Crippen LogP contribution in [0.15, 0.2) is 42.5 Å². The van der Waals surface area contributed by atoms with Crippen LogP contribution in [0, 0.1) is 6.92 Å². The molecule has 0 aliphatic carbocycles. The highest BCUT2D eigenvalue weighted by Gasteiger charge is 2.18. The molecule has 2 aromatic carbocycles. The Bertz CT molecular complexity index is 1210. The fourth-order valence-corrected chi connectivity index (χ4v) is 4.16. The molecule has 4 rings (SSSR count). The van der Waals surface area contributed by atoms with E-state index < -0.39 is 8.60 Å². The molecule has 0 bridgehead atoms. The minimum Gasteiger partial charge on any atom is -0.427 e. The first-order valence-electron chi connectivity index (χ1n) is 9.96. The molecule has 0 fully saturated rings. The molecule has 0 unspecified atom stereocenters. The van der Waals surface area contributed by atoms with E-state index in [2.05, 4.69) is 22.5 Å². The number of aryl methyl sites for hydroxylation is 2. The predicted octanol–water partition coefficient (Wildman–Crippen LogP) is 4.46. The Hall–Kier alpha value is -2.73. The van der Waals surface area contributed by atoms with Crippen LogP contribution in [-0.4, -0.2) is 24.3 Å². The zero-order valence-electron chi connectivity index (χ0n) is 17.0. The summed E-state index contributed by atoms with van der Waals surface area (Å²) in [4.78, 5) is 27.7. The molecule has 0 saturated heterocycles. The van der Waals surface area contributed by atoms with Gasteiger partial charge in [-0.2, -0.15) is 0 Å². The van der Waals surface area contributed by atoms with E-state index in [1.54, 1.807) is 6.07 Å². The first-order valence-corrected chi connectivity index (χ1v) is 11.1. The maximum Gasteiger partial charge on any atom is 0.391 e. The number of nitrogens with zero attached hydrogens (tertiary/aromatic N) is 3. The van der Waals surface area contributed by atoms with Gasteiger partial charge in [-0.05, 0) is 36.6 Å². The summed E-state index contributed by atoms with van der Waals surface area (Å²) >= 11 is 0. The van der Waals surface area contributed by atoms with Crippen molar-refractivity contribution in [3.63, 3.8) is 0 Å². The summed E-state index contributed by atoms with van der Waals surface area (Å²) in [7, 11) is -2.44. The number of hydrogen-bond acceptors (Lipinski definition) is 6. The lowest BCUT2D eigenvalue weighted by molar-refractivity contribution is 0.374. The molecule has 0 atom stereocenters. The number of fused-ring (bicyclic) bond motifs is 3. The van der Waals surface area contributed by atoms with Crippen LogP contribution in [-0.2, 0) is 13.0 Å². The molecule has 0 aliphatic heterocycles. The first-order chi connectivity index (χ1) is 14.5. The van der Waals surface area contributed by atoms with Crippen LogP contribution in [0.4, 0.5) is 5.82 Å². The Kier molecular flexibility index (Phi) is 5.86. The summed E-state index contributed by atoms with van der Waals surface area (Å²) < 4.78 is 7.32. The maximum absolute atomic E-state index is 9.14. The lowest BCUT2D eigenvalue weighted by Gasteiger charge is -2.13. The van der Waals surface area contributed by atoms with Crippen molar-refractivity contribution in [3.05, 3.63) is 59.4 Å². The molecular formula is C22H25N4O3P. The molecule has 0 saturated carbocycles. The average molecular weight is 424 g/mol. The van der Waals surface area contributed by atoms with Crippen molar-refractivity contribution in [3.8, 4) is 5.75 Å². The van der Waals surface area contributed by atoms with Crippen LogP contribution in [0.25, 0.3) is 21.9 Å². The molecule has 0 spiro atoms. The van der Waals surface area contributed by atoms with Crippen LogP contribution < -0.4 is 10.3 Å². The molecule has 7 nitrogen and oxygen atoms in total. The third-order valence-corrected chi connectivity index (χ3v) is 5.56. The van der Waals surface area contributed by atoms with Crippen LogP contribution >= 0.6 is 8.60 Å².